The van der Waals surface area contributed by atoms with E-state index < -0.39 is 0 Å². The van der Waals surface area contributed by atoms with Gasteiger partial charge >= 0.3 is 0 Å². The van der Waals surface area contributed by atoms with Crippen molar-refractivity contribution in [3.8, 4) is 0 Å². The van der Waals surface area contributed by atoms with Crippen molar-refractivity contribution < 1.29 is 0 Å². The van der Waals surface area contributed by atoms with Crippen LogP contribution in [0.25, 0.3) is 0 Å². The van der Waals surface area contributed by atoms with E-state index >= 15 is 0 Å². The molecule has 28 heavy (non-hydrogen) atoms. The van der Waals surface area contributed by atoms with E-state index in [0.717, 1.165) is 81.3 Å². The summed E-state index contributed by atoms with van der Waals surface area (Å²) in [4.78, 5) is 14.1. The summed E-state index contributed by atoms with van der Waals surface area (Å²) in [5.41, 5.74) is 1.16. The number of rotatable bonds is 8. The van der Waals surface area contributed by atoms with Gasteiger partial charge in [-0.25, -0.2) is 4.98 Å². The van der Waals surface area contributed by atoms with Gasteiger partial charge in [-0.3, -0.25) is 4.99 Å². The number of hydrogen-bond donors (Lipinski definition) is 2. The van der Waals surface area contributed by atoms with Gasteiger partial charge in [-0.1, -0.05) is 25.1 Å². The quantitative estimate of drug-likeness (QED) is 0.403. The molecule has 0 bridgehead atoms. The van der Waals surface area contributed by atoms with Gasteiger partial charge in [-0.05, 0) is 25.5 Å². The molecule has 0 unspecified atom stereocenters. The summed E-state index contributed by atoms with van der Waals surface area (Å²) < 4.78 is 4.41. The molecule has 0 aliphatic carbocycles. The number of guanidine groups is 1. The van der Waals surface area contributed by atoms with Crippen molar-refractivity contribution in [2.75, 3.05) is 56.0 Å². The highest BCUT2D eigenvalue weighted by Gasteiger charge is 2.21. The predicted octanol–water partition coefficient (Wildman–Crippen LogP) is 2.69. The molecular formula is C20H31N7S. The smallest absolute Gasteiger partial charge is 0.205 e. The highest BCUT2D eigenvalue weighted by molar-refractivity contribution is 7.09. The number of nitrogens with one attached hydrogen (secondary N) is 2. The van der Waals surface area contributed by atoms with Gasteiger partial charge in [-0.2, -0.15) is 4.37 Å². The van der Waals surface area contributed by atoms with Crippen LogP contribution in [0.5, 0.6) is 0 Å². The Hall–Kier alpha value is -2.35. The van der Waals surface area contributed by atoms with Gasteiger partial charge in [0.15, 0.2) is 5.96 Å². The van der Waals surface area contributed by atoms with Gasteiger partial charge in [0.25, 0.3) is 0 Å². The van der Waals surface area contributed by atoms with Crippen LogP contribution in [-0.4, -0.2) is 66.0 Å². The lowest BCUT2D eigenvalue weighted by Crippen LogP contribution is -2.52. The fourth-order valence-electron chi connectivity index (χ4n) is 3.10. The molecule has 0 spiro atoms. The first kappa shape index (κ1) is 20.4. The minimum Gasteiger partial charge on any atom is -0.385 e. The van der Waals surface area contributed by atoms with Gasteiger partial charge in [0, 0.05) is 69.5 Å². The molecule has 2 heterocycles. The second-order valence-corrected chi connectivity index (χ2v) is 7.43. The number of aromatic nitrogens is 2. The summed E-state index contributed by atoms with van der Waals surface area (Å²) in [5, 5.41) is 7.93. The highest BCUT2D eigenvalue weighted by atomic mass is 32.1. The van der Waals surface area contributed by atoms with Crippen LogP contribution in [0.15, 0.2) is 35.3 Å². The number of nitrogens with zero attached hydrogens (tertiary/aromatic N) is 5. The van der Waals surface area contributed by atoms with Gasteiger partial charge in [0.1, 0.15) is 5.82 Å². The summed E-state index contributed by atoms with van der Waals surface area (Å²) in [5.74, 6) is 1.97. The fourth-order valence-corrected chi connectivity index (χ4v) is 3.91. The molecule has 1 aromatic heterocycles. The number of piperazine rings is 1. The van der Waals surface area contributed by atoms with E-state index in [2.05, 4.69) is 55.8 Å². The Morgan fingerprint density at radius 1 is 1.14 bits per heavy atom. The summed E-state index contributed by atoms with van der Waals surface area (Å²) in [6.45, 7) is 10.7. The maximum atomic E-state index is 4.83. The fraction of sp³-hybridized carbons (Fsp3) is 0.550. The molecule has 2 aromatic rings. The third-order valence-electron chi connectivity index (χ3n) is 4.66. The van der Waals surface area contributed by atoms with E-state index in [0.29, 0.717) is 0 Å². The third kappa shape index (κ3) is 5.82. The first-order chi connectivity index (χ1) is 13.8. The zero-order valence-corrected chi connectivity index (χ0v) is 17.7. The van der Waals surface area contributed by atoms with Crippen molar-refractivity contribution in [2.45, 2.75) is 26.7 Å². The largest absolute Gasteiger partial charge is 0.385 e. The number of aliphatic imine (C=N–C) groups is 1. The number of benzene rings is 1. The summed E-state index contributed by atoms with van der Waals surface area (Å²) in [6, 6.07) is 10.3. The molecule has 152 valence electrons. The maximum absolute atomic E-state index is 4.83. The van der Waals surface area contributed by atoms with Crippen molar-refractivity contribution in [3.63, 3.8) is 0 Å². The molecule has 8 heteroatoms. The molecule has 1 aromatic carbocycles. The van der Waals surface area contributed by atoms with Gasteiger partial charge < -0.3 is 20.4 Å². The Morgan fingerprint density at radius 3 is 2.61 bits per heavy atom. The minimum absolute atomic E-state index is 0.818. The van der Waals surface area contributed by atoms with E-state index in [9.17, 15) is 0 Å². The van der Waals surface area contributed by atoms with Crippen molar-refractivity contribution in [3.05, 3.63) is 36.2 Å². The Labute approximate surface area is 172 Å². The van der Waals surface area contributed by atoms with Crippen LogP contribution in [0.3, 0.4) is 0 Å². The van der Waals surface area contributed by atoms with E-state index in [-0.39, 0.29) is 0 Å². The Morgan fingerprint density at radius 2 is 1.93 bits per heavy atom. The van der Waals surface area contributed by atoms with Crippen molar-refractivity contribution in [2.24, 2.45) is 4.99 Å². The molecule has 1 aliphatic heterocycles. The number of hydrogen-bond acceptors (Lipinski definition) is 6. The first-order valence-corrected chi connectivity index (χ1v) is 11.0. The van der Waals surface area contributed by atoms with Crippen LogP contribution >= 0.6 is 11.5 Å². The summed E-state index contributed by atoms with van der Waals surface area (Å²) in [6.07, 6.45) is 1.90. The number of para-hydroxylation sites is 1. The second kappa shape index (κ2) is 10.8. The van der Waals surface area contributed by atoms with Crippen LogP contribution in [-0.2, 0) is 6.42 Å². The summed E-state index contributed by atoms with van der Waals surface area (Å²) >= 11 is 1.51. The molecule has 0 amide bonds. The Balaban J connectivity index is 1.45. The lowest BCUT2D eigenvalue weighted by Gasteiger charge is -2.36. The topological polar surface area (TPSA) is 68.7 Å². The average Bonchev–Trinajstić information content (AvgIpc) is 3.23. The van der Waals surface area contributed by atoms with Crippen LogP contribution in [0.1, 0.15) is 26.1 Å². The van der Waals surface area contributed by atoms with Gasteiger partial charge in [-0.15, -0.1) is 0 Å². The van der Waals surface area contributed by atoms with E-state index in [1.165, 1.54) is 11.5 Å². The molecule has 1 fully saturated rings. The van der Waals surface area contributed by atoms with E-state index in [4.69, 9.17) is 4.99 Å². The van der Waals surface area contributed by atoms with Crippen molar-refractivity contribution in [1.82, 2.24) is 19.6 Å². The van der Waals surface area contributed by atoms with E-state index in [1.807, 2.05) is 18.2 Å². The summed E-state index contributed by atoms with van der Waals surface area (Å²) in [7, 11) is 0. The maximum Gasteiger partial charge on any atom is 0.205 e. The van der Waals surface area contributed by atoms with Crippen LogP contribution < -0.4 is 15.5 Å². The average molecular weight is 402 g/mol. The van der Waals surface area contributed by atoms with Crippen LogP contribution in [0.2, 0.25) is 0 Å². The Kier molecular flexibility index (Phi) is 7.90. The lowest BCUT2D eigenvalue weighted by molar-refractivity contribution is 0.372. The minimum atomic E-state index is 0.818. The lowest BCUT2D eigenvalue weighted by atomic mass is 10.3. The van der Waals surface area contributed by atoms with Gasteiger partial charge in [0.05, 0.1) is 0 Å². The molecule has 7 nitrogen and oxygen atoms in total. The molecule has 1 aliphatic rings. The molecule has 0 atom stereocenters. The standard InChI is InChI=1S/C20H31N7S/c1-3-18-24-20(28-25-18)27-15-13-26(14-16-27)19(21-4-2)23-12-8-11-22-17-9-6-5-7-10-17/h5-7,9-10,22H,3-4,8,11-16H2,1-2H3,(H,21,23). The molecule has 0 radical (unpaired) electrons. The normalized spacial score (nSPS) is 15.0. The second-order valence-electron chi connectivity index (χ2n) is 6.70. The highest BCUT2D eigenvalue weighted by Crippen LogP contribution is 2.19. The predicted molar refractivity (Wildman–Crippen MR) is 119 cm³/mol. The van der Waals surface area contributed by atoms with Crippen molar-refractivity contribution >= 4 is 28.3 Å². The molecule has 1 saturated heterocycles. The Bertz CT molecular complexity index is 723. The zero-order valence-electron chi connectivity index (χ0n) is 16.9. The third-order valence-corrected chi connectivity index (χ3v) is 5.47. The number of anilines is 2. The molecule has 2 N–H and O–H groups in total. The van der Waals surface area contributed by atoms with Crippen LogP contribution in [0.4, 0.5) is 10.8 Å². The van der Waals surface area contributed by atoms with E-state index in [1.54, 1.807) is 0 Å². The number of aryl methyl sites for hydroxylation is 1. The van der Waals surface area contributed by atoms with Crippen molar-refractivity contribution in [1.29, 1.82) is 0 Å². The molecule has 0 saturated carbocycles. The monoisotopic (exact) mass is 401 g/mol. The first-order valence-electron chi connectivity index (χ1n) is 10.2. The van der Waals surface area contributed by atoms with Crippen LogP contribution in [0, 0.1) is 0 Å². The zero-order chi connectivity index (χ0) is 19.6. The SMILES string of the molecule is CCNC(=NCCCNc1ccccc1)N1CCN(c2nc(CC)ns2)CC1. The van der Waals surface area contributed by atoms with Gasteiger partial charge in [0.2, 0.25) is 5.13 Å². The molecule has 3 rings (SSSR count). The molecular weight excluding hydrogens is 370 g/mol.